The number of anilines is 3. The topological polar surface area (TPSA) is 115 Å². The first-order valence-corrected chi connectivity index (χ1v) is 10.0. The highest BCUT2D eigenvalue weighted by Crippen LogP contribution is 2.17. The molecule has 1 aliphatic rings. The summed E-state index contributed by atoms with van der Waals surface area (Å²) in [6, 6.07) is 8.63. The fraction of sp³-hybridized carbons (Fsp3) is 0.364. The van der Waals surface area contributed by atoms with E-state index in [0.29, 0.717) is 42.3 Å². The summed E-state index contributed by atoms with van der Waals surface area (Å²) < 4.78 is 13.1. The van der Waals surface area contributed by atoms with Crippen LogP contribution in [0, 0.1) is 23.2 Å². The van der Waals surface area contributed by atoms with Gasteiger partial charge in [0.1, 0.15) is 12.0 Å². The molecule has 0 unspecified atom stereocenters. The van der Waals surface area contributed by atoms with Crippen molar-refractivity contribution in [3.63, 3.8) is 0 Å². The number of hydrogen-bond donors (Lipinski definition) is 4. The molecule has 160 valence electrons. The highest BCUT2D eigenvalue weighted by atomic mass is 19.1. The molecule has 0 saturated carbocycles. The maximum absolute atomic E-state index is 13.1. The van der Waals surface area contributed by atoms with E-state index in [1.807, 2.05) is 0 Å². The Morgan fingerprint density at radius 3 is 2.84 bits per heavy atom. The number of carbonyl (C=O) groups is 1. The molecule has 0 bridgehead atoms. The van der Waals surface area contributed by atoms with E-state index in [9.17, 15) is 9.18 Å². The Bertz CT molecular complexity index is 1010. The average Bonchev–Trinajstić information content (AvgIpc) is 3.23. The third-order valence-electron chi connectivity index (χ3n) is 4.69. The molecule has 9 heteroatoms. The number of halogens is 1. The third kappa shape index (κ3) is 6.39. The molecule has 1 saturated heterocycles. The Morgan fingerprint density at radius 2 is 2.16 bits per heavy atom. The number of hydrogen-bond acceptors (Lipinski definition) is 7. The number of amides is 1. The van der Waals surface area contributed by atoms with E-state index in [4.69, 9.17) is 5.26 Å². The van der Waals surface area contributed by atoms with Crippen molar-refractivity contribution in [2.45, 2.75) is 31.5 Å². The van der Waals surface area contributed by atoms with Crippen molar-refractivity contribution in [1.29, 1.82) is 5.26 Å². The van der Waals surface area contributed by atoms with Crippen molar-refractivity contribution in [1.82, 2.24) is 20.6 Å². The Balaban J connectivity index is 1.48. The molecule has 2 aromatic rings. The quantitative estimate of drug-likeness (QED) is 0.400. The van der Waals surface area contributed by atoms with Crippen molar-refractivity contribution in [3.8, 4) is 17.9 Å². The molecular weight excluding hydrogens is 397 g/mol. The molecule has 0 spiro atoms. The Labute approximate surface area is 180 Å². The summed E-state index contributed by atoms with van der Waals surface area (Å²) >= 11 is 0. The van der Waals surface area contributed by atoms with Crippen molar-refractivity contribution >= 4 is 23.4 Å². The Morgan fingerprint density at radius 1 is 1.35 bits per heavy atom. The van der Waals surface area contributed by atoms with E-state index in [2.05, 4.69) is 49.1 Å². The van der Waals surface area contributed by atoms with Gasteiger partial charge < -0.3 is 21.3 Å². The van der Waals surface area contributed by atoms with Crippen LogP contribution in [0.25, 0.3) is 0 Å². The van der Waals surface area contributed by atoms with Gasteiger partial charge in [-0.05, 0) is 30.7 Å². The second-order valence-electron chi connectivity index (χ2n) is 7.01. The lowest BCUT2D eigenvalue weighted by atomic mass is 10.2. The first-order valence-electron chi connectivity index (χ1n) is 10.0. The monoisotopic (exact) mass is 421 g/mol. The van der Waals surface area contributed by atoms with Crippen molar-refractivity contribution < 1.29 is 9.18 Å². The summed E-state index contributed by atoms with van der Waals surface area (Å²) in [6.07, 6.45) is 2.21. The minimum atomic E-state index is -0.948. The zero-order valence-electron chi connectivity index (χ0n) is 17.2. The van der Waals surface area contributed by atoms with E-state index < -0.39 is 12.2 Å². The van der Waals surface area contributed by atoms with Crippen molar-refractivity contribution in [2.24, 2.45) is 0 Å². The van der Waals surface area contributed by atoms with E-state index in [0.717, 1.165) is 5.69 Å². The zero-order valence-corrected chi connectivity index (χ0v) is 17.2. The number of rotatable bonds is 7. The van der Waals surface area contributed by atoms with Gasteiger partial charge in [0, 0.05) is 38.7 Å². The predicted octanol–water partition coefficient (Wildman–Crippen LogP) is 2.08. The number of alkyl halides is 1. The molecule has 2 heterocycles. The van der Waals surface area contributed by atoms with E-state index in [1.165, 1.54) is 0 Å². The molecular formula is C22H24FN7O. The van der Waals surface area contributed by atoms with Gasteiger partial charge in [-0.3, -0.25) is 4.79 Å². The lowest BCUT2D eigenvalue weighted by molar-refractivity contribution is -0.122. The number of unbranched alkanes of at least 4 members (excludes halogenated alkanes) is 1. The summed E-state index contributed by atoms with van der Waals surface area (Å²) in [7, 11) is 1.76. The van der Waals surface area contributed by atoms with Crippen LogP contribution in [0.2, 0.25) is 0 Å². The van der Waals surface area contributed by atoms with Gasteiger partial charge in [0.15, 0.2) is 0 Å². The second kappa shape index (κ2) is 10.9. The third-order valence-corrected chi connectivity index (χ3v) is 4.69. The standard InChI is InChI=1S/C22H24FN7O/c1-25-20-16(5-3-2-4-10-26-21(31)19-11-17(23)14-27-19)13-28-22(30-20)29-18-8-6-15(12-24)7-9-18/h6-9,13,17,19,27H,2,4,10-11,14H2,1H3,(H,26,31)(H2,25,28,29,30)/t17-,19-/m0/s1. The summed E-state index contributed by atoms with van der Waals surface area (Å²) in [4.78, 5) is 20.6. The maximum Gasteiger partial charge on any atom is 0.237 e. The summed E-state index contributed by atoms with van der Waals surface area (Å²) in [6.45, 7) is 0.729. The molecule has 3 rings (SSSR count). The molecule has 0 radical (unpaired) electrons. The average molecular weight is 421 g/mol. The van der Waals surface area contributed by atoms with Gasteiger partial charge in [0.25, 0.3) is 0 Å². The fourth-order valence-corrected chi connectivity index (χ4v) is 3.04. The minimum Gasteiger partial charge on any atom is -0.372 e. The summed E-state index contributed by atoms with van der Waals surface area (Å²) in [5.41, 5.74) is 2.02. The smallest absolute Gasteiger partial charge is 0.237 e. The van der Waals surface area contributed by atoms with Crippen LogP contribution >= 0.6 is 0 Å². The summed E-state index contributed by atoms with van der Waals surface area (Å²) in [5, 5.41) is 20.6. The molecule has 8 nitrogen and oxygen atoms in total. The van der Waals surface area contributed by atoms with Gasteiger partial charge >= 0.3 is 0 Å². The number of carbonyl (C=O) groups excluding carboxylic acids is 1. The van der Waals surface area contributed by atoms with E-state index >= 15 is 0 Å². The highest BCUT2D eigenvalue weighted by molar-refractivity contribution is 5.82. The van der Waals surface area contributed by atoms with Gasteiger partial charge in [-0.1, -0.05) is 11.8 Å². The highest BCUT2D eigenvalue weighted by Gasteiger charge is 2.28. The fourth-order valence-electron chi connectivity index (χ4n) is 3.04. The van der Waals surface area contributed by atoms with Crippen molar-refractivity contribution in [2.75, 3.05) is 30.8 Å². The predicted molar refractivity (Wildman–Crippen MR) is 116 cm³/mol. The molecule has 1 aromatic carbocycles. The van der Waals surface area contributed by atoms with Crippen LogP contribution in [0.15, 0.2) is 30.5 Å². The molecule has 1 fully saturated rings. The van der Waals surface area contributed by atoms with Crippen LogP contribution in [0.1, 0.15) is 30.4 Å². The van der Waals surface area contributed by atoms with Crippen molar-refractivity contribution in [3.05, 3.63) is 41.6 Å². The van der Waals surface area contributed by atoms with Gasteiger partial charge in [0.05, 0.1) is 29.4 Å². The van der Waals surface area contributed by atoms with Gasteiger partial charge in [-0.2, -0.15) is 10.2 Å². The molecule has 31 heavy (non-hydrogen) atoms. The summed E-state index contributed by atoms with van der Waals surface area (Å²) in [5.74, 6) is 6.95. The van der Waals surface area contributed by atoms with Crippen LogP contribution in [0.4, 0.5) is 21.8 Å². The maximum atomic E-state index is 13.1. The first kappa shape index (κ1) is 22.0. The van der Waals surface area contributed by atoms with Gasteiger partial charge in [0.2, 0.25) is 11.9 Å². The Hall–Kier alpha value is -3.69. The van der Waals surface area contributed by atoms with Crippen LogP contribution in [-0.2, 0) is 4.79 Å². The van der Waals surface area contributed by atoms with Crippen LogP contribution in [0.5, 0.6) is 0 Å². The Kier molecular flexibility index (Phi) is 7.74. The first-order chi connectivity index (χ1) is 15.1. The van der Waals surface area contributed by atoms with E-state index in [-0.39, 0.29) is 18.9 Å². The SMILES string of the molecule is CNc1nc(Nc2ccc(C#N)cc2)ncc1C#CCCCNC(=O)[C@@H]1C[C@H](F)CN1. The number of aromatic nitrogens is 2. The van der Waals surface area contributed by atoms with E-state index in [1.54, 1.807) is 37.5 Å². The van der Waals surface area contributed by atoms with Gasteiger partial charge in [-0.25, -0.2) is 9.37 Å². The lowest BCUT2D eigenvalue weighted by Crippen LogP contribution is -2.40. The second-order valence-corrected chi connectivity index (χ2v) is 7.01. The minimum absolute atomic E-state index is 0.163. The largest absolute Gasteiger partial charge is 0.372 e. The number of nitrogens with one attached hydrogen (secondary N) is 4. The molecule has 2 atom stereocenters. The van der Waals surface area contributed by atoms with Crippen LogP contribution in [-0.4, -0.2) is 48.2 Å². The van der Waals surface area contributed by atoms with Crippen LogP contribution in [0.3, 0.4) is 0 Å². The molecule has 1 aliphatic heterocycles. The normalized spacial score (nSPS) is 17.2. The molecule has 1 amide bonds. The number of nitriles is 1. The molecule has 0 aliphatic carbocycles. The molecule has 4 N–H and O–H groups in total. The zero-order chi connectivity index (χ0) is 22.1. The van der Waals surface area contributed by atoms with Gasteiger partial charge in [-0.15, -0.1) is 0 Å². The van der Waals surface area contributed by atoms with Crippen LogP contribution < -0.4 is 21.3 Å². The number of benzene rings is 1. The lowest BCUT2D eigenvalue weighted by Gasteiger charge is -2.09. The number of nitrogens with zero attached hydrogens (tertiary/aromatic N) is 3. The molecule has 1 aromatic heterocycles.